The van der Waals surface area contributed by atoms with Crippen LogP contribution in [-0.2, 0) is 9.59 Å². The molecular formula is C22H21ClN2O6. The summed E-state index contributed by atoms with van der Waals surface area (Å²) < 4.78 is 16.0. The number of amides is 4. The molecule has 0 aliphatic carbocycles. The molecule has 1 aliphatic heterocycles. The Balaban J connectivity index is 1.98. The minimum Gasteiger partial charge on any atom is -0.495 e. The molecule has 8 nitrogen and oxygen atoms in total. The van der Waals surface area contributed by atoms with Gasteiger partial charge in [-0.05, 0) is 30.2 Å². The number of anilines is 1. The molecule has 0 bridgehead atoms. The largest absolute Gasteiger partial charge is 0.495 e. The molecule has 1 heterocycles. The topological polar surface area (TPSA) is 94.2 Å². The van der Waals surface area contributed by atoms with Gasteiger partial charge in [-0.15, -0.1) is 0 Å². The SMILES string of the molecule is CCCOc1ccc(/C=C2\C(=O)NC(=O)N(c3cc(OC)c(Cl)cc3OC)C2=O)cc1. The summed E-state index contributed by atoms with van der Waals surface area (Å²) in [5.74, 6) is -0.512. The smallest absolute Gasteiger partial charge is 0.336 e. The number of benzene rings is 2. The van der Waals surface area contributed by atoms with Crippen LogP contribution in [0.3, 0.4) is 0 Å². The van der Waals surface area contributed by atoms with E-state index in [1.165, 1.54) is 32.4 Å². The highest BCUT2D eigenvalue weighted by molar-refractivity contribution is 6.39. The molecule has 0 spiro atoms. The maximum atomic E-state index is 13.1. The van der Waals surface area contributed by atoms with Crippen LogP contribution in [0.15, 0.2) is 42.0 Å². The predicted octanol–water partition coefficient (Wildman–Crippen LogP) is 3.81. The third-order valence-electron chi connectivity index (χ3n) is 4.46. The Hall–Kier alpha value is -3.52. The maximum Gasteiger partial charge on any atom is 0.336 e. The van der Waals surface area contributed by atoms with E-state index in [4.69, 9.17) is 25.8 Å². The van der Waals surface area contributed by atoms with Crippen LogP contribution in [0, 0.1) is 0 Å². The fraction of sp³-hybridized carbons (Fsp3) is 0.227. The molecule has 162 valence electrons. The lowest BCUT2D eigenvalue weighted by Crippen LogP contribution is -2.54. The molecule has 4 amide bonds. The lowest BCUT2D eigenvalue weighted by atomic mass is 10.1. The molecule has 0 aromatic heterocycles. The van der Waals surface area contributed by atoms with Gasteiger partial charge in [0.05, 0.1) is 31.5 Å². The van der Waals surface area contributed by atoms with Crippen LogP contribution in [0.25, 0.3) is 6.08 Å². The van der Waals surface area contributed by atoms with Gasteiger partial charge in [-0.25, -0.2) is 9.69 Å². The number of urea groups is 1. The molecule has 1 N–H and O–H groups in total. The number of carbonyl (C=O) groups excluding carboxylic acids is 3. The lowest BCUT2D eigenvalue weighted by molar-refractivity contribution is -0.122. The number of hydrogen-bond donors (Lipinski definition) is 1. The van der Waals surface area contributed by atoms with E-state index in [1.807, 2.05) is 6.92 Å². The van der Waals surface area contributed by atoms with Crippen LogP contribution in [0.2, 0.25) is 5.02 Å². The van der Waals surface area contributed by atoms with Crippen molar-refractivity contribution in [2.75, 3.05) is 25.7 Å². The van der Waals surface area contributed by atoms with Gasteiger partial charge in [0.15, 0.2) is 0 Å². The number of ether oxygens (including phenoxy) is 3. The van der Waals surface area contributed by atoms with Crippen LogP contribution < -0.4 is 24.4 Å². The molecule has 0 radical (unpaired) electrons. The van der Waals surface area contributed by atoms with Gasteiger partial charge in [0.2, 0.25) is 0 Å². The Morgan fingerprint density at radius 2 is 1.71 bits per heavy atom. The van der Waals surface area contributed by atoms with Crippen molar-refractivity contribution in [2.24, 2.45) is 0 Å². The summed E-state index contributed by atoms with van der Waals surface area (Å²) in [7, 11) is 2.77. The van der Waals surface area contributed by atoms with Gasteiger partial charge in [-0.3, -0.25) is 14.9 Å². The fourth-order valence-electron chi connectivity index (χ4n) is 2.94. The van der Waals surface area contributed by atoms with E-state index in [9.17, 15) is 14.4 Å². The molecule has 1 saturated heterocycles. The van der Waals surface area contributed by atoms with E-state index in [0.29, 0.717) is 17.9 Å². The number of nitrogens with one attached hydrogen (secondary N) is 1. The first-order chi connectivity index (χ1) is 14.9. The summed E-state index contributed by atoms with van der Waals surface area (Å²) in [4.78, 5) is 38.8. The normalized spacial score (nSPS) is 15.2. The first-order valence-electron chi connectivity index (χ1n) is 9.45. The molecule has 2 aromatic rings. The number of rotatable bonds is 7. The highest BCUT2D eigenvalue weighted by Gasteiger charge is 2.38. The maximum absolute atomic E-state index is 13.1. The number of nitrogens with zero attached hydrogens (tertiary/aromatic N) is 1. The number of halogens is 1. The third kappa shape index (κ3) is 4.64. The number of methoxy groups -OCH3 is 2. The first kappa shape index (κ1) is 22.2. The molecule has 0 saturated carbocycles. The predicted molar refractivity (Wildman–Crippen MR) is 116 cm³/mol. The van der Waals surface area contributed by atoms with Crippen molar-refractivity contribution in [3.05, 3.63) is 52.6 Å². The molecule has 1 aliphatic rings. The fourth-order valence-corrected chi connectivity index (χ4v) is 3.17. The molecule has 2 aromatic carbocycles. The second-order valence-corrected chi connectivity index (χ2v) is 6.94. The van der Waals surface area contributed by atoms with Crippen LogP contribution in [0.1, 0.15) is 18.9 Å². The van der Waals surface area contributed by atoms with Crippen LogP contribution >= 0.6 is 11.6 Å². The van der Waals surface area contributed by atoms with Crippen molar-refractivity contribution in [1.29, 1.82) is 0 Å². The van der Waals surface area contributed by atoms with Crippen molar-refractivity contribution in [3.8, 4) is 17.2 Å². The Morgan fingerprint density at radius 1 is 1.03 bits per heavy atom. The third-order valence-corrected chi connectivity index (χ3v) is 4.76. The van der Waals surface area contributed by atoms with E-state index in [-0.39, 0.29) is 27.8 Å². The zero-order chi connectivity index (χ0) is 22.5. The Labute approximate surface area is 184 Å². The van der Waals surface area contributed by atoms with Crippen molar-refractivity contribution in [3.63, 3.8) is 0 Å². The minimum absolute atomic E-state index is 0.0907. The summed E-state index contributed by atoms with van der Waals surface area (Å²) >= 11 is 6.11. The Kier molecular flexibility index (Phi) is 6.81. The van der Waals surface area contributed by atoms with Crippen molar-refractivity contribution >= 4 is 41.2 Å². The standard InChI is InChI=1S/C22H21ClN2O6/c1-4-9-31-14-7-5-13(6-8-14)10-15-20(26)24-22(28)25(21(15)27)17-12-18(29-2)16(23)11-19(17)30-3/h5-8,10-12H,4,9H2,1-3H3,(H,24,26,28)/b15-10+. The highest BCUT2D eigenvalue weighted by Crippen LogP contribution is 2.39. The number of hydrogen-bond acceptors (Lipinski definition) is 6. The lowest BCUT2D eigenvalue weighted by Gasteiger charge is -2.28. The molecule has 9 heteroatoms. The summed E-state index contributed by atoms with van der Waals surface area (Å²) in [6.45, 7) is 2.59. The van der Waals surface area contributed by atoms with E-state index < -0.39 is 17.8 Å². The number of barbiturate groups is 1. The van der Waals surface area contributed by atoms with Crippen molar-refractivity contribution in [2.45, 2.75) is 13.3 Å². The van der Waals surface area contributed by atoms with Crippen LogP contribution in [-0.4, -0.2) is 38.7 Å². The average Bonchev–Trinajstić information content (AvgIpc) is 2.76. The number of carbonyl (C=O) groups is 3. The van der Waals surface area contributed by atoms with E-state index in [2.05, 4.69) is 5.32 Å². The molecular weight excluding hydrogens is 424 g/mol. The molecule has 31 heavy (non-hydrogen) atoms. The molecule has 3 rings (SSSR count). The van der Waals surface area contributed by atoms with Crippen molar-refractivity contribution < 1.29 is 28.6 Å². The molecule has 0 unspecified atom stereocenters. The van der Waals surface area contributed by atoms with Gasteiger partial charge < -0.3 is 14.2 Å². The van der Waals surface area contributed by atoms with Crippen LogP contribution in [0.4, 0.5) is 10.5 Å². The Morgan fingerprint density at radius 3 is 2.32 bits per heavy atom. The van der Waals surface area contributed by atoms with Crippen LogP contribution in [0.5, 0.6) is 17.2 Å². The zero-order valence-electron chi connectivity index (χ0n) is 17.2. The van der Waals surface area contributed by atoms with Gasteiger partial charge in [-0.1, -0.05) is 30.7 Å². The van der Waals surface area contributed by atoms with Crippen molar-refractivity contribution in [1.82, 2.24) is 5.32 Å². The summed E-state index contributed by atoms with van der Waals surface area (Å²) in [6.07, 6.45) is 2.28. The zero-order valence-corrected chi connectivity index (χ0v) is 18.0. The van der Waals surface area contributed by atoms with Gasteiger partial charge in [0, 0.05) is 12.1 Å². The van der Waals surface area contributed by atoms with Gasteiger partial charge in [0.25, 0.3) is 11.8 Å². The quantitative estimate of drug-likeness (QED) is 0.515. The van der Waals surface area contributed by atoms with E-state index >= 15 is 0 Å². The minimum atomic E-state index is -0.905. The second-order valence-electron chi connectivity index (χ2n) is 6.53. The van der Waals surface area contributed by atoms with Gasteiger partial charge in [0.1, 0.15) is 22.8 Å². The van der Waals surface area contributed by atoms with Gasteiger partial charge >= 0.3 is 6.03 Å². The molecule has 1 fully saturated rings. The van der Waals surface area contributed by atoms with E-state index in [0.717, 1.165) is 11.3 Å². The van der Waals surface area contributed by atoms with E-state index in [1.54, 1.807) is 24.3 Å². The summed E-state index contributed by atoms with van der Waals surface area (Å²) in [5.41, 5.74) is 0.475. The number of imide groups is 2. The Bertz CT molecular complexity index is 1050. The van der Waals surface area contributed by atoms with Gasteiger partial charge in [-0.2, -0.15) is 0 Å². The summed E-state index contributed by atoms with van der Waals surface area (Å²) in [6, 6.07) is 8.82. The second kappa shape index (κ2) is 9.53. The first-order valence-corrected chi connectivity index (χ1v) is 9.83. The monoisotopic (exact) mass is 444 g/mol. The summed E-state index contributed by atoms with van der Waals surface area (Å²) in [5, 5.41) is 2.42. The average molecular weight is 445 g/mol. The molecule has 0 atom stereocenters. The highest BCUT2D eigenvalue weighted by atomic mass is 35.5.